The van der Waals surface area contributed by atoms with Crippen LogP contribution in [0.25, 0.3) is 11.3 Å². The number of oxazole rings is 1. The molecular weight excluding hydrogens is 294 g/mol. The molecule has 1 aromatic heterocycles. The molecule has 2 fully saturated rings. The van der Waals surface area contributed by atoms with Crippen LogP contribution >= 0.6 is 0 Å². The van der Waals surface area contributed by atoms with Gasteiger partial charge in [-0.1, -0.05) is 61.5 Å². The van der Waals surface area contributed by atoms with E-state index in [1.807, 2.05) is 6.20 Å². The van der Waals surface area contributed by atoms with Crippen molar-refractivity contribution in [2.24, 2.45) is 5.92 Å². The van der Waals surface area contributed by atoms with Crippen molar-refractivity contribution in [2.75, 3.05) is 0 Å². The fourth-order valence-electron chi connectivity index (χ4n) is 3.97. The first-order valence-corrected chi connectivity index (χ1v) is 8.92. The van der Waals surface area contributed by atoms with Crippen molar-refractivity contribution in [3.8, 4) is 11.3 Å². The molecule has 24 heavy (non-hydrogen) atoms. The van der Waals surface area contributed by atoms with Crippen molar-refractivity contribution in [1.82, 2.24) is 4.98 Å². The van der Waals surface area contributed by atoms with Crippen LogP contribution in [0, 0.1) is 5.92 Å². The Hall–Kier alpha value is -2.35. The Bertz CT molecular complexity index is 845. The Morgan fingerprint density at radius 3 is 2.21 bits per heavy atom. The van der Waals surface area contributed by atoms with Crippen LogP contribution < -0.4 is 0 Å². The molecule has 2 saturated carbocycles. The highest BCUT2D eigenvalue weighted by atomic mass is 16.4. The van der Waals surface area contributed by atoms with Crippen molar-refractivity contribution in [3.05, 3.63) is 77.8 Å². The van der Waals surface area contributed by atoms with E-state index in [4.69, 9.17) is 4.42 Å². The minimum atomic E-state index is 0.567. The number of rotatable bonds is 4. The predicted molar refractivity (Wildman–Crippen MR) is 95.0 cm³/mol. The summed E-state index contributed by atoms with van der Waals surface area (Å²) >= 11 is 0. The zero-order chi connectivity index (χ0) is 16.1. The summed E-state index contributed by atoms with van der Waals surface area (Å²) in [6.45, 7) is 2.36. The van der Waals surface area contributed by atoms with Crippen molar-refractivity contribution in [1.29, 1.82) is 0 Å². The number of hydrogen-bond donors (Lipinski definition) is 0. The summed E-state index contributed by atoms with van der Waals surface area (Å²) in [6.07, 6.45) is 4.31. The van der Waals surface area contributed by atoms with E-state index in [2.05, 4.69) is 66.5 Å². The van der Waals surface area contributed by atoms with Gasteiger partial charge in [0.2, 0.25) is 0 Å². The van der Waals surface area contributed by atoms with Gasteiger partial charge in [-0.3, -0.25) is 0 Å². The first-order chi connectivity index (χ1) is 11.8. The second-order valence-electron chi connectivity index (χ2n) is 7.28. The highest BCUT2D eigenvalue weighted by Gasteiger charge is 2.48. The minimum Gasteiger partial charge on any atom is -0.440 e. The second-order valence-corrected chi connectivity index (χ2v) is 7.28. The molecule has 120 valence electrons. The van der Waals surface area contributed by atoms with E-state index in [1.165, 1.54) is 24.0 Å². The molecule has 0 aliphatic heterocycles. The molecule has 3 aromatic rings. The third kappa shape index (κ3) is 2.37. The van der Waals surface area contributed by atoms with Gasteiger partial charge in [0.25, 0.3) is 0 Å². The lowest BCUT2D eigenvalue weighted by molar-refractivity contribution is 0.509. The third-order valence-corrected chi connectivity index (χ3v) is 5.59. The van der Waals surface area contributed by atoms with Gasteiger partial charge in [0.15, 0.2) is 11.7 Å². The standard InChI is InChI=1S/C22H21NO/c1-14-20(16-5-3-2-4-6-16)21(14)17-9-7-15(8-10-17)19-13-23-22(24-19)18-11-12-18/h2-10,13-14,18,20-21H,11-12H2,1H3/t14-,20-,21-/m1/s1. The van der Waals surface area contributed by atoms with E-state index in [0.29, 0.717) is 23.7 Å². The van der Waals surface area contributed by atoms with Gasteiger partial charge in [0.1, 0.15) is 0 Å². The Balaban J connectivity index is 1.36. The van der Waals surface area contributed by atoms with E-state index >= 15 is 0 Å². The zero-order valence-electron chi connectivity index (χ0n) is 13.9. The largest absolute Gasteiger partial charge is 0.440 e. The molecule has 0 amide bonds. The number of benzene rings is 2. The van der Waals surface area contributed by atoms with E-state index < -0.39 is 0 Å². The van der Waals surface area contributed by atoms with Gasteiger partial charge in [0, 0.05) is 11.5 Å². The summed E-state index contributed by atoms with van der Waals surface area (Å²) < 4.78 is 5.91. The molecule has 2 nitrogen and oxygen atoms in total. The molecule has 0 radical (unpaired) electrons. The summed E-state index contributed by atoms with van der Waals surface area (Å²) in [5.41, 5.74) is 4.02. The van der Waals surface area contributed by atoms with Crippen LogP contribution in [0.15, 0.2) is 65.2 Å². The second kappa shape index (κ2) is 5.34. The predicted octanol–water partition coefficient (Wildman–Crippen LogP) is 5.74. The summed E-state index contributed by atoms with van der Waals surface area (Å²) in [5.74, 6) is 4.38. The van der Waals surface area contributed by atoms with Gasteiger partial charge in [0.05, 0.1) is 6.20 Å². The quantitative estimate of drug-likeness (QED) is 0.614. The lowest BCUT2D eigenvalue weighted by atomic mass is 10.0. The number of hydrogen-bond acceptors (Lipinski definition) is 2. The van der Waals surface area contributed by atoms with Crippen LogP contribution in [0.5, 0.6) is 0 Å². The normalized spacial score (nSPS) is 25.6. The Morgan fingerprint density at radius 1 is 0.875 bits per heavy atom. The Labute approximate surface area is 142 Å². The molecule has 3 atom stereocenters. The molecule has 2 aromatic carbocycles. The highest BCUT2D eigenvalue weighted by Crippen LogP contribution is 2.60. The van der Waals surface area contributed by atoms with Crippen molar-refractivity contribution < 1.29 is 4.42 Å². The van der Waals surface area contributed by atoms with Gasteiger partial charge in [-0.2, -0.15) is 0 Å². The first-order valence-electron chi connectivity index (χ1n) is 8.92. The summed E-state index contributed by atoms with van der Waals surface area (Å²) in [7, 11) is 0. The summed E-state index contributed by atoms with van der Waals surface area (Å²) in [4.78, 5) is 4.42. The lowest BCUT2D eigenvalue weighted by Gasteiger charge is -2.03. The van der Waals surface area contributed by atoms with Crippen LogP contribution in [0.1, 0.15) is 54.5 Å². The lowest BCUT2D eigenvalue weighted by Crippen LogP contribution is -1.84. The third-order valence-electron chi connectivity index (χ3n) is 5.59. The monoisotopic (exact) mass is 315 g/mol. The van der Waals surface area contributed by atoms with Gasteiger partial charge in [-0.25, -0.2) is 4.98 Å². The van der Waals surface area contributed by atoms with Crippen LogP contribution in [-0.4, -0.2) is 4.98 Å². The average Bonchev–Trinajstić information content (AvgIpc) is 3.54. The van der Waals surface area contributed by atoms with E-state index in [1.54, 1.807) is 0 Å². The molecule has 1 heterocycles. The van der Waals surface area contributed by atoms with Crippen LogP contribution in [-0.2, 0) is 0 Å². The summed E-state index contributed by atoms with van der Waals surface area (Å²) in [6, 6.07) is 19.8. The van der Waals surface area contributed by atoms with E-state index in [0.717, 1.165) is 17.2 Å². The van der Waals surface area contributed by atoms with Crippen molar-refractivity contribution in [2.45, 2.75) is 37.5 Å². The van der Waals surface area contributed by atoms with Gasteiger partial charge in [-0.05, 0) is 41.7 Å². The minimum absolute atomic E-state index is 0.567. The van der Waals surface area contributed by atoms with Crippen LogP contribution in [0.4, 0.5) is 0 Å². The van der Waals surface area contributed by atoms with Crippen LogP contribution in [0.2, 0.25) is 0 Å². The molecular formula is C22H21NO. The molecule has 2 aliphatic carbocycles. The number of aromatic nitrogens is 1. The zero-order valence-corrected chi connectivity index (χ0v) is 13.9. The molecule has 0 N–H and O–H groups in total. The maximum absolute atomic E-state index is 5.91. The SMILES string of the molecule is C[C@@H]1[C@H](c2ccccc2)[C@H]1c1ccc(-c2cnc(C3CC3)o2)cc1. The molecule has 0 spiro atoms. The topological polar surface area (TPSA) is 26.0 Å². The van der Waals surface area contributed by atoms with E-state index in [9.17, 15) is 0 Å². The fourth-order valence-corrected chi connectivity index (χ4v) is 3.97. The molecule has 2 heteroatoms. The summed E-state index contributed by atoms with van der Waals surface area (Å²) in [5, 5.41) is 0. The molecule has 5 rings (SSSR count). The maximum Gasteiger partial charge on any atom is 0.198 e. The average molecular weight is 315 g/mol. The molecule has 2 aliphatic rings. The Kier molecular flexibility index (Phi) is 3.12. The molecule has 0 bridgehead atoms. The number of nitrogens with zero attached hydrogens (tertiary/aromatic N) is 1. The smallest absolute Gasteiger partial charge is 0.198 e. The van der Waals surface area contributed by atoms with Crippen molar-refractivity contribution >= 4 is 0 Å². The maximum atomic E-state index is 5.91. The van der Waals surface area contributed by atoms with E-state index in [-0.39, 0.29) is 0 Å². The molecule has 0 saturated heterocycles. The van der Waals surface area contributed by atoms with Gasteiger partial charge < -0.3 is 4.42 Å². The Morgan fingerprint density at radius 2 is 1.54 bits per heavy atom. The fraction of sp³-hybridized carbons (Fsp3) is 0.318. The highest BCUT2D eigenvalue weighted by molar-refractivity contribution is 5.57. The van der Waals surface area contributed by atoms with Gasteiger partial charge in [-0.15, -0.1) is 0 Å². The van der Waals surface area contributed by atoms with Crippen molar-refractivity contribution in [3.63, 3.8) is 0 Å². The van der Waals surface area contributed by atoms with Crippen LogP contribution in [0.3, 0.4) is 0 Å². The van der Waals surface area contributed by atoms with Gasteiger partial charge >= 0.3 is 0 Å². The molecule has 0 unspecified atom stereocenters. The first kappa shape index (κ1) is 14.0.